The third-order valence-corrected chi connectivity index (χ3v) is 5.48. The van der Waals surface area contributed by atoms with Gasteiger partial charge in [0, 0.05) is 0 Å². The molecule has 0 aliphatic carbocycles. The molecule has 1 fully saturated rings. The average molecular weight is 531 g/mol. The van der Waals surface area contributed by atoms with E-state index in [4.69, 9.17) is 14.2 Å². The molecule has 0 atom stereocenters. The van der Waals surface area contributed by atoms with Crippen LogP contribution in [0.1, 0.15) is 38.3 Å². The average Bonchev–Trinajstić information content (AvgIpc) is 2.81. The summed E-state index contributed by atoms with van der Waals surface area (Å²) in [5, 5.41) is 2.24. The van der Waals surface area contributed by atoms with Crippen molar-refractivity contribution in [2.75, 3.05) is 19.8 Å². The summed E-state index contributed by atoms with van der Waals surface area (Å²) in [6.07, 6.45) is 2.30. The molecule has 3 rings (SSSR count). The first-order valence-corrected chi connectivity index (χ1v) is 11.9. The topological polar surface area (TPSA) is 94.2 Å². The van der Waals surface area contributed by atoms with Crippen molar-refractivity contribution in [1.29, 1.82) is 0 Å². The quantitative estimate of drug-likeness (QED) is 0.353. The highest BCUT2D eigenvalue weighted by Gasteiger charge is 2.35. The van der Waals surface area contributed by atoms with E-state index >= 15 is 0 Å². The van der Waals surface area contributed by atoms with Crippen LogP contribution >= 0.6 is 15.9 Å². The maximum absolute atomic E-state index is 13.1. The minimum absolute atomic E-state index is 0.0314. The van der Waals surface area contributed by atoms with Crippen molar-refractivity contribution in [3.05, 3.63) is 57.6 Å². The van der Waals surface area contributed by atoms with Crippen molar-refractivity contribution < 1.29 is 28.6 Å². The number of imide groups is 2. The predicted molar refractivity (Wildman–Crippen MR) is 131 cm³/mol. The molecule has 1 saturated heterocycles. The van der Waals surface area contributed by atoms with Crippen LogP contribution in [-0.2, 0) is 16.1 Å². The summed E-state index contributed by atoms with van der Waals surface area (Å²) in [6.45, 7) is 7.21. The largest absolute Gasteiger partial charge is 0.493 e. The first kappa shape index (κ1) is 25.3. The standard InChI is InChI=1S/C25H27BrN2O6/c1-4-11-34-21-10-8-17(14-22(21)33-6-3)15-28-24(30)18(23(29)27-25(28)31)12-16-7-9-20(32-5-2)19(26)13-16/h7-10,12-14H,4-6,11,15H2,1-3H3,(H,27,29,31)/b18-12+. The summed E-state index contributed by atoms with van der Waals surface area (Å²) in [7, 11) is 0. The fourth-order valence-corrected chi connectivity index (χ4v) is 3.83. The van der Waals surface area contributed by atoms with E-state index in [1.165, 1.54) is 6.08 Å². The lowest BCUT2D eigenvalue weighted by Crippen LogP contribution is -2.53. The van der Waals surface area contributed by atoms with Crippen LogP contribution in [0.2, 0.25) is 0 Å². The molecule has 2 aromatic carbocycles. The van der Waals surface area contributed by atoms with Crippen molar-refractivity contribution in [2.24, 2.45) is 0 Å². The van der Waals surface area contributed by atoms with Crippen LogP contribution < -0.4 is 19.5 Å². The Bertz CT molecular complexity index is 1110. The zero-order valence-corrected chi connectivity index (χ0v) is 20.9. The number of halogens is 1. The van der Waals surface area contributed by atoms with Crippen LogP contribution in [0.5, 0.6) is 17.2 Å². The smallest absolute Gasteiger partial charge is 0.331 e. The first-order chi connectivity index (χ1) is 16.4. The second kappa shape index (κ2) is 11.7. The predicted octanol–water partition coefficient (Wildman–Crippen LogP) is 4.70. The lowest BCUT2D eigenvalue weighted by molar-refractivity contribution is -0.130. The van der Waals surface area contributed by atoms with Crippen LogP contribution in [0.15, 0.2) is 46.4 Å². The van der Waals surface area contributed by atoms with Gasteiger partial charge in [-0.1, -0.05) is 19.1 Å². The summed E-state index contributed by atoms with van der Waals surface area (Å²) in [5.41, 5.74) is 1.14. The molecule has 1 N–H and O–H groups in total. The monoisotopic (exact) mass is 530 g/mol. The summed E-state index contributed by atoms with van der Waals surface area (Å²) in [6, 6.07) is 9.68. The van der Waals surface area contributed by atoms with E-state index in [2.05, 4.69) is 21.2 Å². The molecule has 4 amide bonds. The van der Waals surface area contributed by atoms with E-state index in [1.54, 1.807) is 36.4 Å². The van der Waals surface area contributed by atoms with E-state index in [9.17, 15) is 14.4 Å². The Kier molecular flexibility index (Phi) is 8.70. The van der Waals surface area contributed by atoms with Gasteiger partial charge in [-0.3, -0.25) is 19.8 Å². The highest BCUT2D eigenvalue weighted by atomic mass is 79.9. The Morgan fingerprint density at radius 2 is 1.62 bits per heavy atom. The number of carbonyl (C=O) groups is 3. The molecule has 0 spiro atoms. The lowest BCUT2D eigenvalue weighted by atomic mass is 10.1. The number of benzene rings is 2. The van der Waals surface area contributed by atoms with Gasteiger partial charge < -0.3 is 14.2 Å². The van der Waals surface area contributed by atoms with E-state index < -0.39 is 17.8 Å². The molecule has 2 aromatic rings. The highest BCUT2D eigenvalue weighted by Crippen LogP contribution is 2.30. The van der Waals surface area contributed by atoms with Gasteiger partial charge in [0.25, 0.3) is 11.8 Å². The van der Waals surface area contributed by atoms with E-state index in [1.807, 2.05) is 20.8 Å². The molecule has 180 valence electrons. The molecule has 1 aliphatic heterocycles. The van der Waals surface area contributed by atoms with Crippen molar-refractivity contribution in [3.63, 3.8) is 0 Å². The molecule has 8 nitrogen and oxygen atoms in total. The van der Waals surface area contributed by atoms with Crippen LogP contribution in [0.4, 0.5) is 4.79 Å². The summed E-state index contributed by atoms with van der Waals surface area (Å²) in [4.78, 5) is 39.0. The van der Waals surface area contributed by atoms with Crippen molar-refractivity contribution in [3.8, 4) is 17.2 Å². The number of nitrogens with one attached hydrogen (secondary N) is 1. The molecule has 0 bridgehead atoms. The number of hydrogen-bond donors (Lipinski definition) is 1. The molecule has 0 saturated carbocycles. The van der Waals surface area contributed by atoms with Crippen molar-refractivity contribution in [2.45, 2.75) is 33.7 Å². The van der Waals surface area contributed by atoms with Gasteiger partial charge in [-0.2, -0.15) is 0 Å². The molecule has 9 heteroatoms. The minimum atomic E-state index is -0.774. The fraction of sp³-hybridized carbons (Fsp3) is 0.320. The number of nitrogens with zero attached hydrogens (tertiary/aromatic N) is 1. The SMILES string of the molecule is CCCOc1ccc(CN2C(=O)NC(=O)/C(=C\c3ccc(OCC)c(Br)c3)C2=O)cc1OCC. The van der Waals surface area contributed by atoms with Gasteiger partial charge in [0.2, 0.25) is 0 Å². The Morgan fingerprint density at radius 3 is 2.29 bits per heavy atom. The maximum Gasteiger partial charge on any atom is 0.331 e. The molecule has 1 heterocycles. The van der Waals surface area contributed by atoms with Gasteiger partial charge in [0.1, 0.15) is 11.3 Å². The number of ether oxygens (including phenoxy) is 3. The Morgan fingerprint density at radius 1 is 0.912 bits per heavy atom. The summed E-state index contributed by atoms with van der Waals surface area (Å²) >= 11 is 3.42. The molecule has 1 aliphatic rings. The minimum Gasteiger partial charge on any atom is -0.493 e. The third kappa shape index (κ3) is 5.96. The number of hydrogen-bond acceptors (Lipinski definition) is 6. The molecule has 0 aromatic heterocycles. The molecule has 0 radical (unpaired) electrons. The van der Waals surface area contributed by atoms with Crippen molar-refractivity contribution >= 4 is 39.9 Å². The third-order valence-electron chi connectivity index (χ3n) is 4.86. The van der Waals surface area contributed by atoms with Gasteiger partial charge in [-0.05, 0) is 77.7 Å². The zero-order valence-electron chi connectivity index (χ0n) is 19.4. The van der Waals surface area contributed by atoms with E-state index in [0.29, 0.717) is 52.7 Å². The van der Waals surface area contributed by atoms with Crippen LogP contribution in [-0.4, -0.2) is 42.6 Å². The number of amides is 4. The molecular formula is C25H27BrN2O6. The molecule has 34 heavy (non-hydrogen) atoms. The van der Waals surface area contributed by atoms with Gasteiger partial charge in [-0.25, -0.2) is 4.79 Å². The van der Waals surface area contributed by atoms with Crippen molar-refractivity contribution in [1.82, 2.24) is 10.2 Å². The Hall–Kier alpha value is -3.33. The number of urea groups is 1. The van der Waals surface area contributed by atoms with Gasteiger partial charge in [-0.15, -0.1) is 0 Å². The van der Waals surface area contributed by atoms with E-state index in [-0.39, 0.29) is 12.1 Å². The maximum atomic E-state index is 13.1. The van der Waals surface area contributed by atoms with Gasteiger partial charge in [0.05, 0.1) is 30.8 Å². The second-order valence-corrected chi connectivity index (χ2v) is 8.25. The van der Waals surface area contributed by atoms with E-state index in [0.717, 1.165) is 11.3 Å². The van der Waals surface area contributed by atoms with Crippen LogP contribution in [0, 0.1) is 0 Å². The normalized spacial score (nSPS) is 14.9. The summed E-state index contributed by atoms with van der Waals surface area (Å²) < 4.78 is 17.6. The lowest BCUT2D eigenvalue weighted by Gasteiger charge is -2.26. The molecular weight excluding hydrogens is 504 g/mol. The van der Waals surface area contributed by atoms with Gasteiger partial charge >= 0.3 is 6.03 Å². The number of rotatable bonds is 10. The highest BCUT2D eigenvalue weighted by molar-refractivity contribution is 9.10. The van der Waals surface area contributed by atoms with Gasteiger partial charge in [0.15, 0.2) is 11.5 Å². The Balaban J connectivity index is 1.85. The van der Waals surface area contributed by atoms with Crippen LogP contribution in [0.25, 0.3) is 6.08 Å². The second-order valence-electron chi connectivity index (χ2n) is 7.39. The summed E-state index contributed by atoms with van der Waals surface area (Å²) in [5.74, 6) is 0.359. The van der Waals surface area contributed by atoms with Crippen LogP contribution in [0.3, 0.4) is 0 Å². The Labute approximate surface area is 207 Å². The first-order valence-electron chi connectivity index (χ1n) is 11.1. The fourth-order valence-electron chi connectivity index (χ4n) is 3.32. The molecule has 0 unspecified atom stereocenters. The zero-order chi connectivity index (χ0) is 24.7. The number of carbonyl (C=O) groups excluding carboxylic acids is 3. The number of barbiturate groups is 1.